The molecule has 0 aliphatic carbocycles. The predicted molar refractivity (Wildman–Crippen MR) is 48.3 cm³/mol. The van der Waals surface area contributed by atoms with E-state index < -0.39 is 0 Å². The summed E-state index contributed by atoms with van der Waals surface area (Å²) in [6.45, 7) is 0. The lowest BCUT2D eigenvalue weighted by molar-refractivity contribution is 0.223. The van der Waals surface area contributed by atoms with Crippen LogP contribution < -0.4 is 15.2 Å². The summed E-state index contributed by atoms with van der Waals surface area (Å²) in [5.41, 5.74) is 2.60. The van der Waals surface area contributed by atoms with E-state index in [9.17, 15) is 0 Å². The van der Waals surface area contributed by atoms with Crippen LogP contribution in [-0.2, 0) is 0 Å². The third-order valence-corrected chi connectivity index (χ3v) is 1.40. The molecular formula is C8H13N3O. The quantitative estimate of drug-likeness (QED) is 0.671. The molecule has 4 heteroatoms. The molecule has 0 aliphatic heterocycles. The Balaban J connectivity index is 2.81. The summed E-state index contributed by atoms with van der Waals surface area (Å²) in [7, 11) is 5.59. The maximum absolute atomic E-state index is 5.08. The molecule has 0 aliphatic rings. The van der Waals surface area contributed by atoms with Crippen LogP contribution in [-0.4, -0.2) is 26.1 Å². The van der Waals surface area contributed by atoms with Gasteiger partial charge in [0.2, 0.25) is 0 Å². The molecule has 0 unspecified atom stereocenters. The number of hydroxylamine groups is 1. The number of nitrogens with zero attached hydrogens (tertiary/aromatic N) is 2. The number of anilines is 1. The van der Waals surface area contributed by atoms with Crippen LogP contribution in [0.1, 0.15) is 0 Å². The highest BCUT2D eigenvalue weighted by Crippen LogP contribution is 2.14. The maximum Gasteiger partial charge on any atom is 0.152 e. The second kappa shape index (κ2) is 3.92. The molecule has 12 heavy (non-hydrogen) atoms. The molecule has 1 N–H and O–H groups in total. The van der Waals surface area contributed by atoms with Crippen LogP contribution in [0, 0.1) is 0 Å². The third kappa shape index (κ3) is 2.10. The van der Waals surface area contributed by atoms with Crippen molar-refractivity contribution in [1.29, 1.82) is 0 Å². The van der Waals surface area contributed by atoms with Crippen molar-refractivity contribution in [3.8, 4) is 5.75 Å². The van der Waals surface area contributed by atoms with Gasteiger partial charge < -0.3 is 9.74 Å². The second-order valence-electron chi connectivity index (χ2n) is 2.55. The average molecular weight is 167 g/mol. The van der Waals surface area contributed by atoms with Gasteiger partial charge in [-0.15, -0.1) is 0 Å². The van der Waals surface area contributed by atoms with Gasteiger partial charge in [0.25, 0.3) is 0 Å². The first kappa shape index (κ1) is 8.80. The van der Waals surface area contributed by atoms with Gasteiger partial charge in [-0.1, -0.05) is 0 Å². The van der Waals surface area contributed by atoms with Crippen molar-refractivity contribution in [3.63, 3.8) is 0 Å². The normalized spacial score (nSPS) is 9.58. The van der Waals surface area contributed by atoms with Crippen molar-refractivity contribution in [2.24, 2.45) is 0 Å². The first-order valence-electron chi connectivity index (χ1n) is 3.71. The van der Waals surface area contributed by atoms with E-state index >= 15 is 0 Å². The van der Waals surface area contributed by atoms with E-state index in [0.29, 0.717) is 0 Å². The molecule has 0 saturated carbocycles. The van der Waals surface area contributed by atoms with Gasteiger partial charge in [-0.05, 0) is 0 Å². The van der Waals surface area contributed by atoms with E-state index in [0.717, 1.165) is 11.6 Å². The maximum atomic E-state index is 5.08. The fourth-order valence-electron chi connectivity index (χ4n) is 0.826. The molecule has 0 atom stereocenters. The fraction of sp³-hybridized carbons (Fsp3) is 0.375. The fourth-order valence-corrected chi connectivity index (χ4v) is 0.826. The Kier molecular flexibility index (Phi) is 2.88. The van der Waals surface area contributed by atoms with Gasteiger partial charge in [-0.3, -0.25) is 0 Å². The average Bonchev–Trinajstić information content (AvgIpc) is 2.05. The molecule has 1 aromatic heterocycles. The minimum atomic E-state index is 0.760. The van der Waals surface area contributed by atoms with Crippen LogP contribution >= 0.6 is 0 Å². The van der Waals surface area contributed by atoms with Gasteiger partial charge in [0.15, 0.2) is 5.75 Å². The summed E-state index contributed by atoms with van der Waals surface area (Å²) in [5, 5.41) is 0. The lowest BCUT2D eigenvalue weighted by Crippen LogP contribution is -2.13. The zero-order valence-corrected chi connectivity index (χ0v) is 7.53. The summed E-state index contributed by atoms with van der Waals surface area (Å²) in [4.78, 5) is 11.1. The van der Waals surface area contributed by atoms with Crippen LogP contribution in [0.4, 0.5) is 5.82 Å². The monoisotopic (exact) mass is 167 g/mol. The van der Waals surface area contributed by atoms with Crippen molar-refractivity contribution in [1.82, 2.24) is 10.5 Å². The molecule has 0 radical (unpaired) electrons. The summed E-state index contributed by atoms with van der Waals surface area (Å²) >= 11 is 0. The lowest BCUT2D eigenvalue weighted by atomic mass is 10.4. The lowest BCUT2D eigenvalue weighted by Gasteiger charge is -2.11. The van der Waals surface area contributed by atoms with Gasteiger partial charge in [0, 0.05) is 39.5 Å². The van der Waals surface area contributed by atoms with E-state index in [2.05, 4.69) is 10.5 Å². The van der Waals surface area contributed by atoms with Crippen molar-refractivity contribution in [3.05, 3.63) is 18.3 Å². The number of hydrogen-bond donors (Lipinski definition) is 1. The summed E-state index contributed by atoms with van der Waals surface area (Å²) in [6.07, 6.45) is 1.71. The van der Waals surface area contributed by atoms with E-state index in [-0.39, 0.29) is 0 Å². The molecule has 0 amide bonds. The van der Waals surface area contributed by atoms with Crippen molar-refractivity contribution >= 4 is 5.82 Å². The smallest absolute Gasteiger partial charge is 0.152 e. The highest BCUT2D eigenvalue weighted by molar-refractivity contribution is 5.41. The van der Waals surface area contributed by atoms with Crippen LogP contribution in [0.3, 0.4) is 0 Å². The second-order valence-corrected chi connectivity index (χ2v) is 2.55. The van der Waals surface area contributed by atoms with Crippen LogP contribution in [0.5, 0.6) is 5.75 Å². The van der Waals surface area contributed by atoms with E-state index in [1.54, 1.807) is 19.3 Å². The molecule has 1 aromatic rings. The molecule has 0 fully saturated rings. The first-order chi connectivity index (χ1) is 5.74. The Labute approximate surface area is 72.1 Å². The molecule has 0 aromatic carbocycles. The SMILES string of the molecule is CNOc1ccnc(N(C)C)c1. The van der Waals surface area contributed by atoms with Crippen LogP contribution in [0.15, 0.2) is 18.3 Å². The van der Waals surface area contributed by atoms with E-state index in [1.165, 1.54) is 0 Å². The zero-order chi connectivity index (χ0) is 8.97. The van der Waals surface area contributed by atoms with Gasteiger partial charge in [0.1, 0.15) is 5.82 Å². The Bertz CT molecular complexity index is 250. The number of rotatable bonds is 3. The number of nitrogens with one attached hydrogen (secondary N) is 1. The molecule has 1 heterocycles. The third-order valence-electron chi connectivity index (χ3n) is 1.40. The van der Waals surface area contributed by atoms with Crippen molar-refractivity contribution in [2.75, 3.05) is 26.0 Å². The molecular weight excluding hydrogens is 154 g/mol. The van der Waals surface area contributed by atoms with Gasteiger partial charge in [-0.2, -0.15) is 5.48 Å². The molecule has 0 saturated heterocycles. The Morgan fingerprint density at radius 2 is 2.25 bits per heavy atom. The van der Waals surface area contributed by atoms with Crippen LogP contribution in [0.25, 0.3) is 0 Å². The highest BCUT2D eigenvalue weighted by Gasteiger charge is 1.98. The van der Waals surface area contributed by atoms with Gasteiger partial charge in [0.05, 0.1) is 0 Å². The molecule has 66 valence electrons. The number of hydrogen-bond acceptors (Lipinski definition) is 4. The summed E-state index contributed by atoms with van der Waals surface area (Å²) in [5.74, 6) is 1.64. The van der Waals surface area contributed by atoms with E-state index in [4.69, 9.17) is 4.84 Å². The number of pyridine rings is 1. The van der Waals surface area contributed by atoms with E-state index in [1.807, 2.05) is 25.1 Å². The molecule has 0 spiro atoms. The largest absolute Gasteiger partial charge is 0.409 e. The minimum Gasteiger partial charge on any atom is -0.409 e. The van der Waals surface area contributed by atoms with Crippen LogP contribution in [0.2, 0.25) is 0 Å². The summed E-state index contributed by atoms with van der Waals surface area (Å²) in [6, 6.07) is 3.65. The molecule has 4 nitrogen and oxygen atoms in total. The Hall–Kier alpha value is -1.29. The van der Waals surface area contributed by atoms with Crippen molar-refractivity contribution < 1.29 is 4.84 Å². The minimum absolute atomic E-state index is 0.760. The molecule has 1 rings (SSSR count). The first-order valence-corrected chi connectivity index (χ1v) is 3.71. The standard InChI is InChI=1S/C8H13N3O/c1-9-12-7-4-5-10-8(6-7)11(2)3/h4-6,9H,1-3H3. The van der Waals surface area contributed by atoms with Crippen molar-refractivity contribution in [2.45, 2.75) is 0 Å². The molecule has 0 bridgehead atoms. The Morgan fingerprint density at radius 1 is 1.50 bits per heavy atom. The zero-order valence-electron chi connectivity index (χ0n) is 7.53. The Morgan fingerprint density at radius 3 is 2.83 bits per heavy atom. The van der Waals surface area contributed by atoms with Gasteiger partial charge in [-0.25, -0.2) is 4.98 Å². The summed E-state index contributed by atoms with van der Waals surface area (Å²) < 4.78 is 0. The topological polar surface area (TPSA) is 37.4 Å². The van der Waals surface area contributed by atoms with Gasteiger partial charge >= 0.3 is 0 Å². The highest BCUT2D eigenvalue weighted by atomic mass is 16.6. The number of aromatic nitrogens is 1. The predicted octanol–water partition coefficient (Wildman–Crippen LogP) is 0.661.